The maximum atomic E-state index is 13.8. The number of ether oxygens (including phenoxy) is 2. The lowest BCUT2D eigenvalue weighted by molar-refractivity contribution is -0.122. The van der Waals surface area contributed by atoms with Crippen molar-refractivity contribution in [2.45, 2.75) is 38.8 Å². The van der Waals surface area contributed by atoms with E-state index in [2.05, 4.69) is 13.8 Å². The number of halogens is 1. The predicted octanol–water partition coefficient (Wildman–Crippen LogP) is 4.94. The number of carbonyl (C=O) groups is 3. The van der Waals surface area contributed by atoms with Crippen LogP contribution in [0.25, 0.3) is 0 Å². The van der Waals surface area contributed by atoms with Crippen molar-refractivity contribution in [3.05, 3.63) is 89.2 Å². The molecule has 1 saturated heterocycles. The summed E-state index contributed by atoms with van der Waals surface area (Å²) in [6.07, 6.45) is -0.162. The summed E-state index contributed by atoms with van der Waals surface area (Å²) in [4.78, 5) is 42.9. The molecule has 0 N–H and O–H groups in total. The number of amides is 3. The molecule has 1 aliphatic rings. The largest absolute Gasteiger partial charge is 0.493 e. The fraction of sp³-hybridized carbons (Fsp3) is 0.276. The van der Waals surface area contributed by atoms with E-state index in [9.17, 15) is 18.8 Å². The van der Waals surface area contributed by atoms with Gasteiger partial charge in [-0.15, -0.1) is 0 Å². The second-order valence-electron chi connectivity index (χ2n) is 9.16. The maximum Gasteiger partial charge on any atom is 0.257 e. The van der Waals surface area contributed by atoms with Gasteiger partial charge in [0, 0.05) is 12.1 Å². The lowest BCUT2D eigenvalue weighted by Crippen LogP contribution is -2.45. The van der Waals surface area contributed by atoms with Crippen LogP contribution < -0.4 is 14.4 Å². The first kappa shape index (κ1) is 25.9. The molecule has 0 saturated carbocycles. The summed E-state index contributed by atoms with van der Waals surface area (Å²) in [5.41, 5.74) is 2.43. The van der Waals surface area contributed by atoms with Gasteiger partial charge in [0.05, 0.1) is 26.3 Å². The molecule has 1 aliphatic heterocycles. The van der Waals surface area contributed by atoms with Crippen molar-refractivity contribution in [2.75, 3.05) is 19.1 Å². The Balaban J connectivity index is 1.69. The SMILES string of the molecule is COc1ccc(C(=O)N(Cc2ccc(F)cc2)C2CC(=O)N(c3ccc(C(C)C)cc3)C2=O)cc1OC. The van der Waals surface area contributed by atoms with Gasteiger partial charge in [-0.1, -0.05) is 38.1 Å². The third-order valence-electron chi connectivity index (χ3n) is 6.47. The van der Waals surface area contributed by atoms with Crippen molar-refractivity contribution in [1.82, 2.24) is 4.90 Å². The van der Waals surface area contributed by atoms with E-state index in [1.807, 2.05) is 12.1 Å². The molecule has 8 heteroatoms. The zero-order valence-electron chi connectivity index (χ0n) is 21.2. The van der Waals surface area contributed by atoms with E-state index in [1.165, 1.54) is 37.3 Å². The van der Waals surface area contributed by atoms with E-state index in [1.54, 1.807) is 36.4 Å². The molecule has 3 aromatic carbocycles. The molecule has 7 nitrogen and oxygen atoms in total. The number of hydrogen-bond acceptors (Lipinski definition) is 5. The smallest absolute Gasteiger partial charge is 0.257 e. The van der Waals surface area contributed by atoms with Gasteiger partial charge in [-0.2, -0.15) is 0 Å². The van der Waals surface area contributed by atoms with Gasteiger partial charge in [0.2, 0.25) is 5.91 Å². The minimum atomic E-state index is -1.03. The fourth-order valence-corrected chi connectivity index (χ4v) is 4.38. The van der Waals surface area contributed by atoms with E-state index in [-0.39, 0.29) is 18.5 Å². The van der Waals surface area contributed by atoms with Crippen LogP contribution in [0.15, 0.2) is 66.7 Å². The van der Waals surface area contributed by atoms with Crippen molar-refractivity contribution in [1.29, 1.82) is 0 Å². The minimum Gasteiger partial charge on any atom is -0.493 e. The van der Waals surface area contributed by atoms with Crippen LogP contribution in [0.4, 0.5) is 10.1 Å². The highest BCUT2D eigenvalue weighted by atomic mass is 19.1. The summed E-state index contributed by atoms with van der Waals surface area (Å²) in [6.45, 7) is 4.13. The zero-order valence-corrected chi connectivity index (χ0v) is 21.2. The van der Waals surface area contributed by atoms with Gasteiger partial charge in [-0.3, -0.25) is 14.4 Å². The summed E-state index contributed by atoms with van der Waals surface area (Å²) in [6, 6.07) is 16.6. The summed E-state index contributed by atoms with van der Waals surface area (Å²) in [7, 11) is 2.95. The highest BCUT2D eigenvalue weighted by molar-refractivity contribution is 6.23. The molecular weight excluding hydrogens is 475 g/mol. The molecule has 0 radical (unpaired) electrons. The Labute approximate surface area is 215 Å². The molecule has 0 spiro atoms. The third kappa shape index (κ3) is 5.33. The van der Waals surface area contributed by atoms with Crippen LogP contribution in [0, 0.1) is 5.82 Å². The van der Waals surface area contributed by atoms with Crippen molar-refractivity contribution < 1.29 is 28.2 Å². The molecule has 1 atom stereocenters. The van der Waals surface area contributed by atoms with E-state index in [0.717, 1.165) is 10.5 Å². The first-order valence-electron chi connectivity index (χ1n) is 12.0. The number of carbonyl (C=O) groups excluding carboxylic acids is 3. The van der Waals surface area contributed by atoms with E-state index >= 15 is 0 Å². The molecule has 0 aliphatic carbocycles. The molecule has 0 aromatic heterocycles. The Morgan fingerprint density at radius 1 is 0.973 bits per heavy atom. The quantitative estimate of drug-likeness (QED) is 0.406. The van der Waals surface area contributed by atoms with Gasteiger partial charge in [-0.05, 0) is 59.5 Å². The average molecular weight is 505 g/mol. The van der Waals surface area contributed by atoms with Gasteiger partial charge in [-0.25, -0.2) is 9.29 Å². The first-order chi connectivity index (χ1) is 17.7. The maximum absolute atomic E-state index is 13.8. The van der Waals surface area contributed by atoms with Crippen molar-refractivity contribution in [3.8, 4) is 11.5 Å². The van der Waals surface area contributed by atoms with E-state index in [0.29, 0.717) is 28.7 Å². The van der Waals surface area contributed by atoms with Crippen molar-refractivity contribution in [2.24, 2.45) is 0 Å². The molecule has 192 valence electrons. The first-order valence-corrected chi connectivity index (χ1v) is 12.0. The molecule has 4 rings (SSSR count). The summed E-state index contributed by atoms with van der Waals surface area (Å²) in [5.74, 6) is -0.645. The average Bonchev–Trinajstić information content (AvgIpc) is 3.20. The Morgan fingerprint density at radius 2 is 1.62 bits per heavy atom. The Hall–Kier alpha value is -4.20. The van der Waals surface area contributed by atoms with Crippen LogP contribution in [0.2, 0.25) is 0 Å². The zero-order chi connectivity index (χ0) is 26.7. The fourth-order valence-electron chi connectivity index (χ4n) is 4.38. The summed E-state index contributed by atoms with van der Waals surface area (Å²) in [5, 5.41) is 0. The van der Waals surface area contributed by atoms with Crippen molar-refractivity contribution >= 4 is 23.4 Å². The Bertz CT molecular complexity index is 1300. The number of benzene rings is 3. The Morgan fingerprint density at radius 3 is 2.22 bits per heavy atom. The van der Waals surface area contributed by atoms with Crippen LogP contribution in [-0.4, -0.2) is 42.9 Å². The summed E-state index contributed by atoms with van der Waals surface area (Å²) < 4.78 is 24.1. The molecule has 3 aromatic rings. The highest BCUT2D eigenvalue weighted by Crippen LogP contribution is 2.31. The van der Waals surface area contributed by atoms with E-state index in [4.69, 9.17) is 9.47 Å². The normalized spacial score (nSPS) is 15.3. The second-order valence-corrected chi connectivity index (χ2v) is 9.16. The molecule has 3 amide bonds. The molecular formula is C29H29FN2O5. The predicted molar refractivity (Wildman–Crippen MR) is 137 cm³/mol. The number of nitrogens with zero attached hydrogens (tertiary/aromatic N) is 2. The lowest BCUT2D eigenvalue weighted by atomic mass is 10.0. The molecule has 0 bridgehead atoms. The lowest BCUT2D eigenvalue weighted by Gasteiger charge is -2.28. The molecule has 1 unspecified atom stereocenters. The molecule has 1 heterocycles. The van der Waals surface area contributed by atoms with Crippen LogP contribution in [0.1, 0.15) is 47.7 Å². The van der Waals surface area contributed by atoms with Gasteiger partial charge in [0.15, 0.2) is 11.5 Å². The third-order valence-corrected chi connectivity index (χ3v) is 6.47. The molecule has 1 fully saturated rings. The van der Waals surface area contributed by atoms with Crippen molar-refractivity contribution in [3.63, 3.8) is 0 Å². The Kier molecular flexibility index (Phi) is 7.57. The standard InChI is InChI=1S/C29H29FN2O5/c1-18(2)20-7-12-23(13-8-20)32-27(33)16-24(29(32)35)31(17-19-5-10-22(30)11-6-19)28(34)21-9-14-25(36-3)26(15-21)37-4/h5-15,18,24H,16-17H2,1-4H3. The highest BCUT2D eigenvalue weighted by Gasteiger charge is 2.44. The minimum absolute atomic E-state index is 0.0112. The van der Waals surface area contributed by atoms with Gasteiger partial charge < -0.3 is 14.4 Å². The topological polar surface area (TPSA) is 76.2 Å². The van der Waals surface area contributed by atoms with Gasteiger partial charge >= 0.3 is 0 Å². The van der Waals surface area contributed by atoms with E-state index < -0.39 is 29.6 Å². The number of methoxy groups -OCH3 is 2. The number of hydrogen-bond donors (Lipinski definition) is 0. The molecule has 37 heavy (non-hydrogen) atoms. The van der Waals surface area contributed by atoms with Crippen LogP contribution in [0.3, 0.4) is 0 Å². The van der Waals surface area contributed by atoms with Gasteiger partial charge in [0.25, 0.3) is 11.8 Å². The van der Waals surface area contributed by atoms with Crippen LogP contribution in [-0.2, 0) is 16.1 Å². The summed E-state index contributed by atoms with van der Waals surface area (Å²) >= 11 is 0. The monoisotopic (exact) mass is 504 g/mol. The number of rotatable bonds is 8. The number of anilines is 1. The number of imide groups is 1. The van der Waals surface area contributed by atoms with Crippen LogP contribution in [0.5, 0.6) is 11.5 Å². The van der Waals surface area contributed by atoms with Crippen LogP contribution >= 0.6 is 0 Å². The van der Waals surface area contributed by atoms with Gasteiger partial charge in [0.1, 0.15) is 11.9 Å². The second kappa shape index (κ2) is 10.8.